The summed E-state index contributed by atoms with van der Waals surface area (Å²) < 4.78 is 0. The normalized spacial score (nSPS) is 10.7. The van der Waals surface area contributed by atoms with Crippen LogP contribution in [0.1, 0.15) is 36.0 Å². The highest BCUT2D eigenvalue weighted by Gasteiger charge is 2.07. The SMILES string of the molecule is Cc1ccc(NC(=O)CCC(=O)N/N=C/CCc2ccccc2)cc1C. The van der Waals surface area contributed by atoms with Gasteiger partial charge in [-0.05, 0) is 55.5 Å². The number of nitrogens with one attached hydrogen (secondary N) is 2. The minimum absolute atomic E-state index is 0.104. The second kappa shape index (κ2) is 10.1. The standard InChI is InChI=1S/C21H25N3O2/c1-16-10-11-19(15-17(16)2)23-20(25)12-13-21(26)24-22-14-6-9-18-7-4-3-5-8-18/h3-5,7-8,10-11,14-15H,6,9,12-13H2,1-2H3,(H,23,25)(H,24,26)/b22-14+. The zero-order chi connectivity index (χ0) is 18.8. The maximum Gasteiger partial charge on any atom is 0.240 e. The summed E-state index contributed by atoms with van der Waals surface area (Å²) in [6.07, 6.45) is 3.53. The van der Waals surface area contributed by atoms with Crippen molar-refractivity contribution < 1.29 is 9.59 Å². The summed E-state index contributed by atoms with van der Waals surface area (Å²) in [4.78, 5) is 23.6. The third-order valence-corrected chi connectivity index (χ3v) is 4.06. The Bertz CT molecular complexity index is 770. The van der Waals surface area contributed by atoms with E-state index in [2.05, 4.69) is 28.0 Å². The number of anilines is 1. The van der Waals surface area contributed by atoms with Gasteiger partial charge in [0.1, 0.15) is 0 Å². The summed E-state index contributed by atoms with van der Waals surface area (Å²) in [6, 6.07) is 15.8. The molecule has 0 fully saturated rings. The van der Waals surface area contributed by atoms with Crippen LogP contribution in [0.5, 0.6) is 0 Å². The number of hydrazone groups is 1. The second-order valence-electron chi connectivity index (χ2n) is 6.22. The van der Waals surface area contributed by atoms with Crippen molar-refractivity contribution >= 4 is 23.7 Å². The topological polar surface area (TPSA) is 70.6 Å². The molecule has 0 unspecified atom stereocenters. The Morgan fingerprint density at radius 3 is 2.42 bits per heavy atom. The van der Waals surface area contributed by atoms with Crippen molar-refractivity contribution in [2.75, 3.05) is 5.32 Å². The predicted octanol–water partition coefficient (Wildman–Crippen LogP) is 3.76. The Labute approximate surface area is 154 Å². The van der Waals surface area contributed by atoms with Crippen LogP contribution in [0.2, 0.25) is 0 Å². The summed E-state index contributed by atoms with van der Waals surface area (Å²) in [5.74, 6) is -0.451. The number of amides is 2. The van der Waals surface area contributed by atoms with E-state index in [0.717, 1.165) is 24.1 Å². The van der Waals surface area contributed by atoms with Gasteiger partial charge in [-0.1, -0.05) is 36.4 Å². The molecule has 0 aliphatic heterocycles. The Balaban J connectivity index is 1.63. The van der Waals surface area contributed by atoms with E-state index in [4.69, 9.17) is 0 Å². The summed E-state index contributed by atoms with van der Waals surface area (Å²) >= 11 is 0. The fourth-order valence-corrected chi connectivity index (χ4v) is 2.38. The minimum Gasteiger partial charge on any atom is -0.326 e. The molecule has 0 aliphatic rings. The van der Waals surface area contributed by atoms with Gasteiger partial charge in [-0.3, -0.25) is 9.59 Å². The van der Waals surface area contributed by atoms with Gasteiger partial charge in [0.15, 0.2) is 0 Å². The van der Waals surface area contributed by atoms with Crippen LogP contribution in [0, 0.1) is 13.8 Å². The van der Waals surface area contributed by atoms with Crippen LogP contribution in [-0.4, -0.2) is 18.0 Å². The zero-order valence-corrected chi connectivity index (χ0v) is 15.3. The van der Waals surface area contributed by atoms with E-state index in [1.165, 1.54) is 11.1 Å². The van der Waals surface area contributed by atoms with Crippen molar-refractivity contribution in [3.63, 3.8) is 0 Å². The summed E-state index contributed by atoms with van der Waals surface area (Å²) in [6.45, 7) is 4.01. The molecule has 5 heteroatoms. The Morgan fingerprint density at radius 2 is 1.69 bits per heavy atom. The van der Waals surface area contributed by atoms with Crippen LogP contribution in [-0.2, 0) is 16.0 Å². The lowest BCUT2D eigenvalue weighted by atomic mass is 10.1. The second-order valence-corrected chi connectivity index (χ2v) is 6.22. The molecule has 2 N–H and O–H groups in total. The smallest absolute Gasteiger partial charge is 0.240 e. The molecular formula is C21H25N3O2. The van der Waals surface area contributed by atoms with Gasteiger partial charge in [-0.25, -0.2) is 5.43 Å². The first-order valence-electron chi connectivity index (χ1n) is 8.76. The van der Waals surface area contributed by atoms with Gasteiger partial charge in [-0.15, -0.1) is 0 Å². The largest absolute Gasteiger partial charge is 0.326 e. The van der Waals surface area contributed by atoms with E-state index in [9.17, 15) is 9.59 Å². The minimum atomic E-state index is -0.267. The van der Waals surface area contributed by atoms with Gasteiger partial charge in [0, 0.05) is 24.7 Å². The number of benzene rings is 2. The fraction of sp³-hybridized carbons (Fsp3) is 0.286. The third-order valence-electron chi connectivity index (χ3n) is 4.06. The molecule has 2 aromatic rings. The van der Waals surface area contributed by atoms with Crippen LogP contribution >= 0.6 is 0 Å². The molecule has 136 valence electrons. The third kappa shape index (κ3) is 6.89. The van der Waals surface area contributed by atoms with Gasteiger partial charge in [-0.2, -0.15) is 5.10 Å². The lowest BCUT2D eigenvalue weighted by Crippen LogP contribution is -2.20. The predicted molar refractivity (Wildman–Crippen MR) is 105 cm³/mol. The molecule has 0 bridgehead atoms. The highest BCUT2D eigenvalue weighted by atomic mass is 16.2. The maximum absolute atomic E-state index is 11.9. The number of nitrogens with zero attached hydrogens (tertiary/aromatic N) is 1. The van der Waals surface area contributed by atoms with Crippen LogP contribution in [0.25, 0.3) is 0 Å². The first-order valence-corrected chi connectivity index (χ1v) is 8.76. The Morgan fingerprint density at radius 1 is 0.962 bits per heavy atom. The van der Waals surface area contributed by atoms with E-state index >= 15 is 0 Å². The van der Waals surface area contributed by atoms with E-state index in [1.807, 2.05) is 50.2 Å². The van der Waals surface area contributed by atoms with Crippen molar-refractivity contribution in [1.29, 1.82) is 0 Å². The number of carbonyl (C=O) groups excluding carboxylic acids is 2. The first-order chi connectivity index (χ1) is 12.5. The van der Waals surface area contributed by atoms with E-state index in [0.29, 0.717) is 0 Å². The molecule has 0 aromatic heterocycles. The fourth-order valence-electron chi connectivity index (χ4n) is 2.38. The summed E-state index contributed by atoms with van der Waals surface area (Å²) in [5, 5.41) is 6.72. The molecule has 0 spiro atoms. The van der Waals surface area contributed by atoms with E-state index in [-0.39, 0.29) is 24.7 Å². The number of aryl methyl sites for hydroxylation is 3. The van der Waals surface area contributed by atoms with Crippen molar-refractivity contribution in [3.8, 4) is 0 Å². The van der Waals surface area contributed by atoms with Crippen molar-refractivity contribution in [3.05, 3.63) is 65.2 Å². The molecule has 2 aromatic carbocycles. The molecule has 0 saturated heterocycles. The van der Waals surface area contributed by atoms with Gasteiger partial charge in [0.05, 0.1) is 0 Å². The monoisotopic (exact) mass is 351 g/mol. The highest BCUT2D eigenvalue weighted by molar-refractivity contribution is 5.93. The van der Waals surface area contributed by atoms with E-state index in [1.54, 1.807) is 6.21 Å². The number of carbonyl (C=O) groups is 2. The molecule has 26 heavy (non-hydrogen) atoms. The molecule has 2 rings (SSSR count). The molecule has 0 atom stereocenters. The van der Waals surface area contributed by atoms with E-state index < -0.39 is 0 Å². The number of rotatable bonds is 8. The molecular weight excluding hydrogens is 326 g/mol. The quantitative estimate of drug-likeness (QED) is 0.561. The van der Waals surface area contributed by atoms with Crippen molar-refractivity contribution in [1.82, 2.24) is 5.43 Å². The summed E-state index contributed by atoms with van der Waals surface area (Å²) in [5.41, 5.74) is 6.72. The van der Waals surface area contributed by atoms with Crippen molar-refractivity contribution in [2.45, 2.75) is 39.5 Å². The average Bonchev–Trinajstić information content (AvgIpc) is 2.64. The number of hydrogen-bond acceptors (Lipinski definition) is 3. The number of hydrogen-bond donors (Lipinski definition) is 2. The first kappa shape index (κ1) is 19.4. The molecule has 2 amide bonds. The lowest BCUT2D eigenvalue weighted by molar-refractivity contribution is -0.124. The van der Waals surface area contributed by atoms with Crippen molar-refractivity contribution in [2.24, 2.45) is 5.10 Å². The van der Waals surface area contributed by atoms with Crippen LogP contribution in [0.15, 0.2) is 53.6 Å². The Kier molecular flexibility index (Phi) is 7.55. The van der Waals surface area contributed by atoms with Gasteiger partial charge in [0.2, 0.25) is 11.8 Å². The molecule has 0 radical (unpaired) electrons. The average molecular weight is 351 g/mol. The van der Waals surface area contributed by atoms with Gasteiger partial charge >= 0.3 is 0 Å². The summed E-state index contributed by atoms with van der Waals surface area (Å²) in [7, 11) is 0. The molecule has 5 nitrogen and oxygen atoms in total. The Hall–Kier alpha value is -2.95. The van der Waals surface area contributed by atoms with Crippen LogP contribution in [0.3, 0.4) is 0 Å². The molecule has 0 aliphatic carbocycles. The molecule has 0 saturated carbocycles. The highest BCUT2D eigenvalue weighted by Crippen LogP contribution is 2.14. The van der Waals surface area contributed by atoms with Gasteiger partial charge < -0.3 is 5.32 Å². The van der Waals surface area contributed by atoms with Crippen LogP contribution < -0.4 is 10.7 Å². The maximum atomic E-state index is 11.9. The molecule has 0 heterocycles. The zero-order valence-electron chi connectivity index (χ0n) is 15.3. The van der Waals surface area contributed by atoms with Gasteiger partial charge in [0.25, 0.3) is 0 Å². The lowest BCUT2D eigenvalue weighted by Gasteiger charge is -2.07. The van der Waals surface area contributed by atoms with Crippen LogP contribution in [0.4, 0.5) is 5.69 Å².